The van der Waals surface area contributed by atoms with Crippen LogP contribution in [0, 0.1) is 39.9 Å². The van der Waals surface area contributed by atoms with E-state index in [4.69, 9.17) is 0 Å². The van der Waals surface area contributed by atoms with E-state index in [9.17, 15) is 9.59 Å². The summed E-state index contributed by atoms with van der Waals surface area (Å²) in [6.07, 6.45) is 14.5. The summed E-state index contributed by atoms with van der Waals surface area (Å²) in [5, 5.41) is 3.03. The molecule has 0 aromatic heterocycles. The monoisotopic (exact) mass is 491 g/mol. The molecule has 7 unspecified atom stereocenters. The number of hydrogen-bond donors (Lipinski definition) is 1. The van der Waals surface area contributed by atoms with Crippen LogP contribution in [0.4, 0.5) is 0 Å². The van der Waals surface area contributed by atoms with Crippen molar-refractivity contribution < 1.29 is 9.59 Å². The maximum atomic E-state index is 13.5. The van der Waals surface area contributed by atoms with Crippen LogP contribution in [0.5, 0.6) is 0 Å². The number of carbonyl (C=O) groups is 2. The Morgan fingerprint density at radius 2 is 1.51 bits per heavy atom. The molecule has 0 amide bonds. The van der Waals surface area contributed by atoms with Gasteiger partial charge in [0.25, 0.3) is 0 Å². The second-order valence-corrected chi connectivity index (χ2v) is 12.9. The zero-order valence-electron chi connectivity index (χ0n) is 25.5. The third kappa shape index (κ3) is 6.79. The van der Waals surface area contributed by atoms with Crippen LogP contribution in [0.2, 0.25) is 0 Å². The van der Waals surface area contributed by atoms with Gasteiger partial charge in [-0.25, -0.2) is 0 Å². The van der Waals surface area contributed by atoms with Gasteiger partial charge >= 0.3 is 0 Å². The van der Waals surface area contributed by atoms with Crippen molar-refractivity contribution in [2.45, 2.75) is 146 Å². The third-order valence-corrected chi connectivity index (χ3v) is 10.6. The molecular weight excluding hydrogens is 430 g/mol. The highest BCUT2D eigenvalue weighted by atomic mass is 16.1. The van der Waals surface area contributed by atoms with Gasteiger partial charge < -0.3 is 10.1 Å². The van der Waals surface area contributed by atoms with E-state index >= 15 is 0 Å². The molecule has 35 heavy (non-hydrogen) atoms. The van der Waals surface area contributed by atoms with Crippen LogP contribution in [0.25, 0.3) is 0 Å². The Hall–Kier alpha value is -0.700. The quantitative estimate of drug-likeness (QED) is 0.429. The molecule has 7 atom stereocenters. The smallest absolute Gasteiger partial charge is 0.139 e. The minimum atomic E-state index is 0.0238. The molecule has 3 heteroatoms. The molecule has 4 aliphatic rings. The Morgan fingerprint density at radius 1 is 0.971 bits per heavy atom. The van der Waals surface area contributed by atoms with E-state index in [0.717, 1.165) is 12.3 Å². The predicted octanol–water partition coefficient (Wildman–Crippen LogP) is 8.64. The molecular formula is C32H61NO2. The molecule has 0 bridgehead atoms. The van der Waals surface area contributed by atoms with Gasteiger partial charge in [0.05, 0.1) is 0 Å². The van der Waals surface area contributed by atoms with Crippen LogP contribution >= 0.6 is 0 Å². The molecule has 4 aliphatic carbocycles. The van der Waals surface area contributed by atoms with Crippen LogP contribution in [0.1, 0.15) is 140 Å². The molecule has 4 rings (SSSR count). The van der Waals surface area contributed by atoms with E-state index in [2.05, 4.69) is 46.9 Å². The van der Waals surface area contributed by atoms with Gasteiger partial charge in [-0.05, 0) is 100 Å². The molecule has 0 aromatic carbocycles. The van der Waals surface area contributed by atoms with E-state index in [1.165, 1.54) is 78.1 Å². The van der Waals surface area contributed by atoms with Gasteiger partial charge in [0, 0.05) is 17.9 Å². The number of ketones is 2. The summed E-state index contributed by atoms with van der Waals surface area (Å²) < 4.78 is 0. The second kappa shape index (κ2) is 13.7. The first-order valence-corrected chi connectivity index (χ1v) is 15.0. The lowest BCUT2D eigenvalue weighted by Crippen LogP contribution is -2.59. The van der Waals surface area contributed by atoms with Crippen LogP contribution in [-0.2, 0) is 9.59 Å². The highest BCUT2D eigenvalue weighted by Crippen LogP contribution is 2.70. The number of fused-ring (bicyclic) bond motifs is 5. The van der Waals surface area contributed by atoms with E-state index in [1.807, 2.05) is 20.9 Å². The highest BCUT2D eigenvalue weighted by Gasteiger charge is 2.65. The van der Waals surface area contributed by atoms with Crippen molar-refractivity contribution in [3.05, 3.63) is 0 Å². The van der Waals surface area contributed by atoms with E-state index in [1.54, 1.807) is 0 Å². The predicted molar refractivity (Wildman–Crippen MR) is 152 cm³/mol. The molecule has 0 radical (unpaired) electrons. The Labute approximate surface area is 219 Å². The van der Waals surface area contributed by atoms with Crippen molar-refractivity contribution in [2.24, 2.45) is 39.9 Å². The van der Waals surface area contributed by atoms with Crippen molar-refractivity contribution in [3.63, 3.8) is 0 Å². The maximum Gasteiger partial charge on any atom is 0.139 e. The van der Waals surface area contributed by atoms with Gasteiger partial charge in [0.1, 0.15) is 11.6 Å². The Morgan fingerprint density at radius 3 is 2.03 bits per heavy atom. The van der Waals surface area contributed by atoms with E-state index in [0.29, 0.717) is 40.4 Å². The lowest BCUT2D eigenvalue weighted by Gasteiger charge is -2.64. The molecule has 0 aromatic rings. The average molecular weight is 492 g/mol. The zero-order chi connectivity index (χ0) is 27.0. The molecule has 4 saturated carbocycles. The van der Waals surface area contributed by atoms with Gasteiger partial charge in [-0.2, -0.15) is 0 Å². The van der Waals surface area contributed by atoms with Crippen LogP contribution < -0.4 is 5.32 Å². The first-order chi connectivity index (χ1) is 16.4. The first kappa shape index (κ1) is 32.3. The first-order valence-electron chi connectivity index (χ1n) is 15.0. The standard InChI is InChI=1S/C23H38O.C4H11N.C3H6O.C2H6/c1-5-8-16-9-10-18-17-11-14-21(2)12-6-7-13-22(21,3)19(17)15-20(24)23(16,18)4;1-4(2)5-3;1-3(2)4;1-2/h16-19H,5-15H2,1-4H3;4-5H,1-3H3;1-2H3;1-2H3. The maximum absolute atomic E-state index is 13.5. The fraction of sp³-hybridized carbons (Fsp3) is 0.938. The van der Waals surface area contributed by atoms with Crippen molar-refractivity contribution in [2.75, 3.05) is 7.05 Å². The number of Topliss-reactive ketones (excluding diaryl/α,β-unsaturated/α-hetero) is 2. The summed E-state index contributed by atoms with van der Waals surface area (Å²) in [6.45, 7) is 21.1. The summed E-state index contributed by atoms with van der Waals surface area (Å²) in [4.78, 5) is 22.9. The number of hydrogen-bond acceptors (Lipinski definition) is 3. The van der Waals surface area contributed by atoms with Crippen LogP contribution in [0.3, 0.4) is 0 Å². The summed E-state index contributed by atoms with van der Waals surface area (Å²) in [5.41, 5.74) is 0.950. The molecule has 0 saturated heterocycles. The molecule has 1 N–H and O–H groups in total. The van der Waals surface area contributed by atoms with Gasteiger partial charge in [0.2, 0.25) is 0 Å². The van der Waals surface area contributed by atoms with Gasteiger partial charge in [-0.3, -0.25) is 4.79 Å². The van der Waals surface area contributed by atoms with E-state index in [-0.39, 0.29) is 11.2 Å². The lowest BCUT2D eigenvalue weighted by atomic mass is 9.40. The molecule has 4 fully saturated rings. The average Bonchev–Trinajstić information content (AvgIpc) is 3.14. The summed E-state index contributed by atoms with van der Waals surface area (Å²) in [5.74, 6) is 3.71. The van der Waals surface area contributed by atoms with Crippen molar-refractivity contribution in [3.8, 4) is 0 Å². The highest BCUT2D eigenvalue weighted by molar-refractivity contribution is 5.87. The summed E-state index contributed by atoms with van der Waals surface area (Å²) in [6, 6.07) is 0.634. The van der Waals surface area contributed by atoms with Crippen molar-refractivity contribution in [1.82, 2.24) is 5.32 Å². The van der Waals surface area contributed by atoms with Gasteiger partial charge in [0.15, 0.2) is 0 Å². The number of nitrogens with one attached hydrogen (secondary N) is 1. The van der Waals surface area contributed by atoms with Crippen LogP contribution in [-0.4, -0.2) is 24.7 Å². The second-order valence-electron chi connectivity index (χ2n) is 12.9. The van der Waals surface area contributed by atoms with Crippen molar-refractivity contribution >= 4 is 11.6 Å². The Bertz CT molecular complexity index is 668. The summed E-state index contributed by atoms with van der Waals surface area (Å²) in [7, 11) is 1.95. The molecule has 0 heterocycles. The molecule has 206 valence electrons. The number of rotatable bonds is 3. The Balaban J connectivity index is 0.000000475. The van der Waals surface area contributed by atoms with Crippen LogP contribution in [0.15, 0.2) is 0 Å². The largest absolute Gasteiger partial charge is 0.318 e. The third-order valence-electron chi connectivity index (χ3n) is 10.6. The molecule has 3 nitrogen and oxygen atoms in total. The zero-order valence-corrected chi connectivity index (χ0v) is 25.5. The topological polar surface area (TPSA) is 46.2 Å². The normalized spacial score (nSPS) is 39.4. The molecule has 0 aliphatic heterocycles. The minimum absolute atomic E-state index is 0.0238. The number of carbonyl (C=O) groups excluding carboxylic acids is 2. The fourth-order valence-corrected chi connectivity index (χ4v) is 8.24. The van der Waals surface area contributed by atoms with Crippen molar-refractivity contribution in [1.29, 1.82) is 0 Å². The fourth-order valence-electron chi connectivity index (χ4n) is 8.24. The minimum Gasteiger partial charge on any atom is -0.318 e. The lowest BCUT2D eigenvalue weighted by molar-refractivity contribution is -0.169. The summed E-state index contributed by atoms with van der Waals surface area (Å²) >= 11 is 0. The van der Waals surface area contributed by atoms with E-state index < -0.39 is 0 Å². The Kier molecular flexibility index (Phi) is 12.7. The SMILES string of the molecule is CC.CC(C)=O.CCCC1CCC2C3CCC4(C)CCCCC4(C)C3CC(=O)C12C.CNC(C)C. The van der Waals surface area contributed by atoms with Gasteiger partial charge in [-0.1, -0.05) is 74.7 Å². The van der Waals surface area contributed by atoms with Gasteiger partial charge in [-0.15, -0.1) is 0 Å². The molecule has 0 spiro atoms.